The molecule has 1 aromatic rings. The van der Waals surface area contributed by atoms with Crippen LogP contribution < -0.4 is 4.90 Å². The van der Waals surface area contributed by atoms with Gasteiger partial charge in [0.05, 0.1) is 31.2 Å². The monoisotopic (exact) mass is 265 g/mol. The first-order valence-electron chi connectivity index (χ1n) is 6.24. The van der Waals surface area contributed by atoms with E-state index in [1.165, 1.54) is 13.3 Å². The van der Waals surface area contributed by atoms with Crippen LogP contribution in [0.3, 0.4) is 0 Å². The van der Waals surface area contributed by atoms with Crippen molar-refractivity contribution in [2.45, 2.75) is 32.5 Å². The molecule has 0 amide bonds. The minimum atomic E-state index is -0.477. The van der Waals surface area contributed by atoms with Gasteiger partial charge >= 0.3 is 5.97 Å². The van der Waals surface area contributed by atoms with Crippen molar-refractivity contribution < 1.29 is 14.3 Å². The van der Waals surface area contributed by atoms with Crippen LogP contribution in [0.25, 0.3) is 0 Å². The lowest BCUT2D eigenvalue weighted by Gasteiger charge is -2.42. The Morgan fingerprint density at radius 2 is 2.26 bits per heavy atom. The van der Waals surface area contributed by atoms with Crippen LogP contribution >= 0.6 is 0 Å². The molecule has 6 heteroatoms. The minimum absolute atomic E-state index is 0.104. The molecule has 6 nitrogen and oxygen atoms in total. The zero-order valence-electron chi connectivity index (χ0n) is 11.7. The summed E-state index contributed by atoms with van der Waals surface area (Å²) in [7, 11) is 1.33. The molecule has 1 saturated heterocycles. The maximum Gasteiger partial charge on any atom is 0.358 e. The van der Waals surface area contributed by atoms with E-state index in [2.05, 4.69) is 19.6 Å². The van der Waals surface area contributed by atoms with Crippen molar-refractivity contribution in [2.75, 3.05) is 25.1 Å². The molecule has 19 heavy (non-hydrogen) atoms. The molecule has 1 fully saturated rings. The molecule has 0 saturated carbocycles. The molecule has 1 atom stereocenters. The molecule has 1 aromatic heterocycles. The zero-order valence-corrected chi connectivity index (χ0v) is 11.7. The van der Waals surface area contributed by atoms with Crippen molar-refractivity contribution in [3.8, 4) is 0 Å². The van der Waals surface area contributed by atoms with Crippen LogP contribution in [0.15, 0.2) is 12.4 Å². The number of hydrogen-bond acceptors (Lipinski definition) is 6. The average Bonchev–Trinajstić information content (AvgIpc) is 2.35. The standard InChI is InChI=1S/C13H19N3O3/c1-9-7-16(8-13(2,3)19-9)11-6-14-5-10(15-11)12(17)18-4/h5-6,9H,7-8H2,1-4H3. The summed E-state index contributed by atoms with van der Waals surface area (Å²) in [6.07, 6.45) is 3.16. The second-order valence-corrected chi connectivity index (χ2v) is 5.32. The SMILES string of the molecule is COC(=O)c1cncc(N2CC(C)OC(C)(C)C2)n1. The number of ether oxygens (including phenoxy) is 2. The van der Waals surface area contributed by atoms with Gasteiger partial charge in [0.1, 0.15) is 5.82 Å². The quantitative estimate of drug-likeness (QED) is 0.750. The highest BCUT2D eigenvalue weighted by atomic mass is 16.5. The molecule has 0 bridgehead atoms. The number of nitrogens with zero attached hydrogens (tertiary/aromatic N) is 3. The van der Waals surface area contributed by atoms with Gasteiger partial charge in [0.25, 0.3) is 0 Å². The molecule has 104 valence electrons. The Morgan fingerprint density at radius 1 is 1.53 bits per heavy atom. The number of methoxy groups -OCH3 is 1. The van der Waals surface area contributed by atoms with E-state index in [0.717, 1.165) is 6.54 Å². The summed E-state index contributed by atoms with van der Waals surface area (Å²) in [6.45, 7) is 7.52. The van der Waals surface area contributed by atoms with Crippen LogP contribution in [0, 0.1) is 0 Å². The summed E-state index contributed by atoms with van der Waals surface area (Å²) in [6, 6.07) is 0. The van der Waals surface area contributed by atoms with Crippen molar-refractivity contribution in [3.63, 3.8) is 0 Å². The van der Waals surface area contributed by atoms with Gasteiger partial charge in [0, 0.05) is 13.1 Å². The highest BCUT2D eigenvalue weighted by Crippen LogP contribution is 2.24. The fourth-order valence-electron chi connectivity index (χ4n) is 2.34. The van der Waals surface area contributed by atoms with E-state index in [4.69, 9.17) is 4.74 Å². The van der Waals surface area contributed by atoms with Crippen LogP contribution in [-0.2, 0) is 9.47 Å². The minimum Gasteiger partial charge on any atom is -0.464 e. The highest BCUT2D eigenvalue weighted by Gasteiger charge is 2.32. The van der Waals surface area contributed by atoms with Crippen LogP contribution in [-0.4, -0.2) is 47.8 Å². The second kappa shape index (κ2) is 5.13. The van der Waals surface area contributed by atoms with Crippen molar-refractivity contribution in [1.82, 2.24) is 9.97 Å². The molecular weight excluding hydrogens is 246 g/mol. The maximum absolute atomic E-state index is 11.5. The lowest BCUT2D eigenvalue weighted by atomic mass is 10.1. The lowest BCUT2D eigenvalue weighted by molar-refractivity contribution is -0.0751. The van der Waals surface area contributed by atoms with Gasteiger partial charge in [-0.2, -0.15) is 0 Å². The molecule has 0 aromatic carbocycles. The number of carbonyl (C=O) groups excluding carboxylic acids is 1. The van der Waals surface area contributed by atoms with Crippen molar-refractivity contribution in [1.29, 1.82) is 0 Å². The summed E-state index contributed by atoms with van der Waals surface area (Å²) in [5.41, 5.74) is -0.0300. The van der Waals surface area contributed by atoms with Crippen molar-refractivity contribution in [2.24, 2.45) is 0 Å². The number of rotatable bonds is 2. The first-order chi connectivity index (χ1) is 8.91. The average molecular weight is 265 g/mol. The third-order valence-corrected chi connectivity index (χ3v) is 2.91. The molecule has 1 unspecified atom stereocenters. The number of esters is 1. The smallest absolute Gasteiger partial charge is 0.358 e. The maximum atomic E-state index is 11.5. The van der Waals surface area contributed by atoms with E-state index < -0.39 is 5.97 Å². The molecule has 1 aliphatic heterocycles. The Labute approximate surface area is 112 Å². The van der Waals surface area contributed by atoms with Gasteiger partial charge in [-0.1, -0.05) is 0 Å². The molecule has 0 aliphatic carbocycles. The van der Waals surface area contributed by atoms with Gasteiger partial charge in [0.15, 0.2) is 5.69 Å². The van der Waals surface area contributed by atoms with Crippen molar-refractivity contribution in [3.05, 3.63) is 18.1 Å². The van der Waals surface area contributed by atoms with Gasteiger partial charge < -0.3 is 14.4 Å². The van der Waals surface area contributed by atoms with Gasteiger partial charge in [-0.05, 0) is 20.8 Å². The molecule has 0 spiro atoms. The van der Waals surface area contributed by atoms with Crippen LogP contribution in [0.4, 0.5) is 5.82 Å². The topological polar surface area (TPSA) is 64.5 Å². The molecular formula is C13H19N3O3. The van der Waals surface area contributed by atoms with E-state index in [1.807, 2.05) is 20.8 Å². The van der Waals surface area contributed by atoms with E-state index in [-0.39, 0.29) is 17.4 Å². The molecule has 0 N–H and O–H groups in total. The van der Waals surface area contributed by atoms with E-state index in [1.54, 1.807) is 6.20 Å². The molecule has 1 aliphatic rings. The molecule has 2 rings (SSSR count). The first-order valence-corrected chi connectivity index (χ1v) is 6.24. The highest BCUT2D eigenvalue weighted by molar-refractivity contribution is 5.87. The summed E-state index contributed by atoms with van der Waals surface area (Å²) in [5, 5.41) is 0. The number of anilines is 1. The number of morpholine rings is 1. The first kappa shape index (κ1) is 13.7. The number of hydrogen-bond donors (Lipinski definition) is 0. The lowest BCUT2D eigenvalue weighted by Crippen LogP contribution is -2.52. The van der Waals surface area contributed by atoms with Gasteiger partial charge in [-0.15, -0.1) is 0 Å². The third-order valence-electron chi connectivity index (χ3n) is 2.91. The fourth-order valence-corrected chi connectivity index (χ4v) is 2.34. The fraction of sp³-hybridized carbons (Fsp3) is 0.615. The Balaban J connectivity index is 2.24. The Kier molecular flexibility index (Phi) is 3.71. The van der Waals surface area contributed by atoms with Crippen LogP contribution in [0.5, 0.6) is 0 Å². The van der Waals surface area contributed by atoms with E-state index in [0.29, 0.717) is 12.4 Å². The Morgan fingerprint density at radius 3 is 2.89 bits per heavy atom. The Hall–Kier alpha value is -1.69. The zero-order chi connectivity index (χ0) is 14.0. The van der Waals surface area contributed by atoms with Crippen LogP contribution in [0.2, 0.25) is 0 Å². The van der Waals surface area contributed by atoms with E-state index in [9.17, 15) is 4.79 Å². The van der Waals surface area contributed by atoms with Gasteiger partial charge in [0.2, 0.25) is 0 Å². The normalized spacial score (nSPS) is 22.1. The largest absolute Gasteiger partial charge is 0.464 e. The summed E-state index contributed by atoms with van der Waals surface area (Å²) < 4.78 is 10.5. The van der Waals surface area contributed by atoms with Crippen molar-refractivity contribution >= 4 is 11.8 Å². The summed E-state index contributed by atoms with van der Waals surface area (Å²) in [4.78, 5) is 21.9. The second-order valence-electron chi connectivity index (χ2n) is 5.32. The number of aromatic nitrogens is 2. The van der Waals surface area contributed by atoms with Gasteiger partial charge in [-0.3, -0.25) is 4.98 Å². The molecule has 0 radical (unpaired) electrons. The number of carbonyl (C=O) groups is 1. The third kappa shape index (κ3) is 3.20. The van der Waals surface area contributed by atoms with Crippen LogP contribution in [0.1, 0.15) is 31.3 Å². The summed E-state index contributed by atoms with van der Waals surface area (Å²) in [5.74, 6) is 0.195. The summed E-state index contributed by atoms with van der Waals surface area (Å²) >= 11 is 0. The predicted octanol–water partition coefficient (Wildman–Crippen LogP) is 1.27. The molecule has 2 heterocycles. The van der Waals surface area contributed by atoms with Gasteiger partial charge in [-0.25, -0.2) is 9.78 Å². The Bertz CT molecular complexity index is 476. The van der Waals surface area contributed by atoms with E-state index >= 15 is 0 Å². The predicted molar refractivity (Wildman–Crippen MR) is 70.2 cm³/mol.